The summed E-state index contributed by atoms with van der Waals surface area (Å²) in [5.41, 5.74) is 0.819. The second kappa shape index (κ2) is 5.43. The number of carbonyl (C=O) groups is 1. The van der Waals surface area contributed by atoms with Gasteiger partial charge in [0.25, 0.3) is 0 Å². The molecule has 2 rings (SSSR count). The Labute approximate surface area is 103 Å². The molecule has 1 unspecified atom stereocenters. The van der Waals surface area contributed by atoms with E-state index < -0.39 is 0 Å². The average Bonchev–Trinajstić information content (AvgIpc) is 2.35. The molecule has 0 amide bonds. The van der Waals surface area contributed by atoms with Crippen LogP contribution in [0.2, 0.25) is 0 Å². The topological polar surface area (TPSA) is 23.6 Å². The summed E-state index contributed by atoms with van der Waals surface area (Å²) in [6.07, 6.45) is 0. The summed E-state index contributed by atoms with van der Waals surface area (Å²) in [4.78, 5) is 16.6. The molecule has 1 aromatic rings. The number of carbonyl (C=O) groups excluding carboxylic acids is 1. The molecule has 1 heterocycles. The third kappa shape index (κ3) is 3.14. The molecule has 1 atom stereocenters. The molecular weight excluding hydrogens is 212 g/mol. The van der Waals surface area contributed by atoms with Crippen molar-refractivity contribution in [3.8, 4) is 0 Å². The predicted molar refractivity (Wildman–Crippen MR) is 69.3 cm³/mol. The molecule has 3 nitrogen and oxygen atoms in total. The molecule has 1 aliphatic heterocycles. The number of rotatable bonds is 3. The van der Waals surface area contributed by atoms with Gasteiger partial charge in [0.15, 0.2) is 5.78 Å². The van der Waals surface area contributed by atoms with Crippen LogP contribution in [0, 0.1) is 0 Å². The van der Waals surface area contributed by atoms with Gasteiger partial charge in [0.2, 0.25) is 0 Å². The number of hydrogen-bond donors (Lipinski definition) is 0. The van der Waals surface area contributed by atoms with Gasteiger partial charge < -0.3 is 4.90 Å². The van der Waals surface area contributed by atoms with Crippen LogP contribution in [0.4, 0.5) is 0 Å². The van der Waals surface area contributed by atoms with E-state index in [1.54, 1.807) is 0 Å². The molecular formula is C14H20N2O. The van der Waals surface area contributed by atoms with Crippen molar-refractivity contribution in [2.75, 3.05) is 33.2 Å². The zero-order valence-electron chi connectivity index (χ0n) is 10.6. The van der Waals surface area contributed by atoms with E-state index in [4.69, 9.17) is 0 Å². The summed E-state index contributed by atoms with van der Waals surface area (Å²) >= 11 is 0. The van der Waals surface area contributed by atoms with E-state index in [0.717, 1.165) is 25.2 Å². The van der Waals surface area contributed by atoms with Gasteiger partial charge in [-0.05, 0) is 14.0 Å². The van der Waals surface area contributed by atoms with Crippen LogP contribution in [0.25, 0.3) is 0 Å². The smallest absolute Gasteiger partial charge is 0.176 e. The molecule has 0 bridgehead atoms. The zero-order valence-corrected chi connectivity index (χ0v) is 10.6. The third-order valence-electron chi connectivity index (χ3n) is 3.51. The van der Waals surface area contributed by atoms with E-state index in [9.17, 15) is 4.79 Å². The van der Waals surface area contributed by atoms with Gasteiger partial charge in [-0.15, -0.1) is 0 Å². The van der Waals surface area contributed by atoms with Crippen LogP contribution in [0.1, 0.15) is 17.3 Å². The largest absolute Gasteiger partial charge is 0.301 e. The maximum atomic E-state index is 12.0. The fourth-order valence-electron chi connectivity index (χ4n) is 2.19. The van der Waals surface area contributed by atoms with E-state index in [2.05, 4.69) is 23.8 Å². The number of Topliss-reactive ketones (excluding diaryl/α,β-unsaturated/α-hetero) is 1. The summed E-state index contributed by atoms with van der Waals surface area (Å²) in [7, 11) is 2.14. The standard InChI is InChI=1S/C14H20N2O/c1-12-10-16(9-8-15(12)2)11-14(17)13-6-4-3-5-7-13/h3-7,12H,8-11H2,1-2H3. The first-order chi connectivity index (χ1) is 8.16. The SMILES string of the molecule is CC1CN(CC(=O)c2ccccc2)CCN1C. The van der Waals surface area contributed by atoms with Crippen molar-refractivity contribution in [2.45, 2.75) is 13.0 Å². The van der Waals surface area contributed by atoms with Gasteiger partial charge in [-0.3, -0.25) is 9.69 Å². The van der Waals surface area contributed by atoms with Crippen molar-refractivity contribution in [1.29, 1.82) is 0 Å². The van der Waals surface area contributed by atoms with Crippen LogP contribution in [-0.2, 0) is 0 Å². The van der Waals surface area contributed by atoms with E-state index >= 15 is 0 Å². The molecule has 0 spiro atoms. The molecule has 0 aliphatic carbocycles. The number of nitrogens with zero attached hydrogens (tertiary/aromatic N) is 2. The lowest BCUT2D eigenvalue weighted by atomic mass is 10.1. The fourth-order valence-corrected chi connectivity index (χ4v) is 2.19. The van der Waals surface area contributed by atoms with Crippen molar-refractivity contribution in [3.63, 3.8) is 0 Å². The Hall–Kier alpha value is -1.19. The molecule has 0 saturated carbocycles. The maximum absolute atomic E-state index is 12.0. The van der Waals surface area contributed by atoms with Crippen molar-refractivity contribution in [3.05, 3.63) is 35.9 Å². The van der Waals surface area contributed by atoms with E-state index in [1.807, 2.05) is 30.3 Å². The Morgan fingerprint density at radius 3 is 2.65 bits per heavy atom. The first-order valence-corrected chi connectivity index (χ1v) is 6.17. The molecule has 92 valence electrons. The lowest BCUT2D eigenvalue weighted by Gasteiger charge is -2.37. The van der Waals surface area contributed by atoms with Crippen LogP contribution >= 0.6 is 0 Å². The molecule has 1 aliphatic rings. The van der Waals surface area contributed by atoms with Gasteiger partial charge in [0.1, 0.15) is 0 Å². The summed E-state index contributed by atoms with van der Waals surface area (Å²) in [5, 5.41) is 0. The van der Waals surface area contributed by atoms with E-state index in [1.165, 1.54) is 0 Å². The van der Waals surface area contributed by atoms with Crippen molar-refractivity contribution >= 4 is 5.78 Å². The number of likely N-dealkylation sites (N-methyl/N-ethyl adjacent to an activating group) is 1. The first-order valence-electron chi connectivity index (χ1n) is 6.17. The highest BCUT2D eigenvalue weighted by Gasteiger charge is 2.22. The second-order valence-electron chi connectivity index (χ2n) is 4.85. The minimum Gasteiger partial charge on any atom is -0.301 e. The number of benzene rings is 1. The molecule has 17 heavy (non-hydrogen) atoms. The van der Waals surface area contributed by atoms with Crippen molar-refractivity contribution in [1.82, 2.24) is 9.80 Å². The quantitative estimate of drug-likeness (QED) is 0.738. The predicted octanol–water partition coefficient (Wildman–Crippen LogP) is 1.51. The van der Waals surface area contributed by atoms with Crippen LogP contribution in [0.15, 0.2) is 30.3 Å². The molecule has 0 N–H and O–H groups in total. The monoisotopic (exact) mass is 232 g/mol. The van der Waals surface area contributed by atoms with Crippen LogP contribution < -0.4 is 0 Å². The highest BCUT2D eigenvalue weighted by Crippen LogP contribution is 2.08. The normalized spacial score (nSPS) is 22.6. The Balaban J connectivity index is 1.92. The Bertz CT molecular complexity index is 377. The Morgan fingerprint density at radius 2 is 2.00 bits per heavy atom. The van der Waals surface area contributed by atoms with Crippen molar-refractivity contribution in [2.24, 2.45) is 0 Å². The van der Waals surface area contributed by atoms with Crippen molar-refractivity contribution < 1.29 is 4.79 Å². The summed E-state index contributed by atoms with van der Waals surface area (Å²) in [6, 6.07) is 10.1. The number of hydrogen-bond acceptors (Lipinski definition) is 3. The zero-order chi connectivity index (χ0) is 12.3. The van der Waals surface area contributed by atoms with Gasteiger partial charge in [-0.1, -0.05) is 30.3 Å². The van der Waals surface area contributed by atoms with Gasteiger partial charge in [-0.25, -0.2) is 0 Å². The molecule has 3 heteroatoms. The highest BCUT2D eigenvalue weighted by atomic mass is 16.1. The van der Waals surface area contributed by atoms with E-state index in [-0.39, 0.29) is 5.78 Å². The summed E-state index contributed by atoms with van der Waals surface area (Å²) in [6.45, 7) is 5.76. The Kier molecular flexibility index (Phi) is 3.92. The minimum atomic E-state index is 0.224. The van der Waals surface area contributed by atoms with Gasteiger partial charge in [0, 0.05) is 31.2 Å². The van der Waals surface area contributed by atoms with E-state index in [0.29, 0.717) is 12.6 Å². The number of piperazine rings is 1. The molecule has 0 radical (unpaired) electrons. The lowest BCUT2D eigenvalue weighted by molar-refractivity contribution is 0.0786. The third-order valence-corrected chi connectivity index (χ3v) is 3.51. The average molecular weight is 232 g/mol. The van der Waals surface area contributed by atoms with Crippen LogP contribution in [0.5, 0.6) is 0 Å². The first kappa shape index (κ1) is 12.3. The molecule has 1 fully saturated rings. The van der Waals surface area contributed by atoms with Gasteiger partial charge in [0.05, 0.1) is 6.54 Å². The van der Waals surface area contributed by atoms with Crippen LogP contribution in [0.3, 0.4) is 0 Å². The maximum Gasteiger partial charge on any atom is 0.176 e. The molecule has 1 aromatic carbocycles. The molecule has 1 saturated heterocycles. The summed E-state index contributed by atoms with van der Waals surface area (Å²) in [5.74, 6) is 0.224. The Morgan fingerprint density at radius 1 is 1.29 bits per heavy atom. The van der Waals surface area contributed by atoms with Gasteiger partial charge in [-0.2, -0.15) is 0 Å². The summed E-state index contributed by atoms with van der Waals surface area (Å²) < 4.78 is 0. The van der Waals surface area contributed by atoms with Gasteiger partial charge >= 0.3 is 0 Å². The second-order valence-corrected chi connectivity index (χ2v) is 4.85. The van der Waals surface area contributed by atoms with Crippen LogP contribution in [-0.4, -0.2) is 54.9 Å². The molecule has 0 aromatic heterocycles. The minimum absolute atomic E-state index is 0.224. The lowest BCUT2D eigenvalue weighted by Crippen LogP contribution is -2.51. The highest BCUT2D eigenvalue weighted by molar-refractivity contribution is 5.97. The fraction of sp³-hybridized carbons (Fsp3) is 0.500. The number of ketones is 1.